The van der Waals surface area contributed by atoms with Gasteiger partial charge >= 0.3 is 5.97 Å². The standard InChI is InChI=1S/C18H16ClN3O2/c1-2-4-16(21-13-6-3-5-11(7-13)18(23)24)14-8-12(19)9-17-15(14)10-20-22-17/h2-3,5-10,16,21H,1,4H2,(H,20,22)(H,23,24)/t16-/m0/s1. The lowest BCUT2D eigenvalue weighted by molar-refractivity contribution is 0.0697. The predicted octanol–water partition coefficient (Wildman–Crippen LogP) is 4.64. The zero-order chi connectivity index (χ0) is 17.1. The second kappa shape index (κ2) is 6.76. The van der Waals surface area contributed by atoms with Crippen molar-refractivity contribution in [1.82, 2.24) is 10.2 Å². The minimum atomic E-state index is -0.959. The maximum Gasteiger partial charge on any atom is 0.335 e. The van der Waals surface area contributed by atoms with Crippen LogP contribution in [0.3, 0.4) is 0 Å². The third-order valence-corrected chi connectivity index (χ3v) is 4.00. The Morgan fingerprint density at radius 2 is 2.25 bits per heavy atom. The van der Waals surface area contributed by atoms with Crippen LogP contribution in [-0.2, 0) is 0 Å². The van der Waals surface area contributed by atoms with E-state index in [1.54, 1.807) is 24.4 Å². The van der Waals surface area contributed by atoms with Crippen LogP contribution in [0.2, 0.25) is 5.02 Å². The molecule has 5 nitrogen and oxygen atoms in total. The number of fused-ring (bicyclic) bond motifs is 1. The third kappa shape index (κ3) is 3.26. The first-order valence-electron chi connectivity index (χ1n) is 7.42. The number of nitrogens with one attached hydrogen (secondary N) is 2. The van der Waals surface area contributed by atoms with Gasteiger partial charge in [-0.15, -0.1) is 6.58 Å². The highest BCUT2D eigenvalue weighted by Gasteiger charge is 2.16. The van der Waals surface area contributed by atoms with Crippen LogP contribution < -0.4 is 5.32 Å². The molecule has 0 bridgehead atoms. The number of anilines is 1. The molecule has 0 aliphatic carbocycles. The summed E-state index contributed by atoms with van der Waals surface area (Å²) in [5.41, 5.74) is 2.79. The number of nitrogens with zero attached hydrogens (tertiary/aromatic N) is 1. The van der Waals surface area contributed by atoms with Gasteiger partial charge < -0.3 is 10.4 Å². The summed E-state index contributed by atoms with van der Waals surface area (Å²) in [4.78, 5) is 11.1. The first kappa shape index (κ1) is 16.1. The van der Waals surface area contributed by atoms with E-state index in [4.69, 9.17) is 16.7 Å². The Bertz CT molecular complexity index is 904. The lowest BCUT2D eigenvalue weighted by atomic mass is 9.99. The van der Waals surface area contributed by atoms with E-state index in [1.165, 1.54) is 0 Å². The molecule has 0 spiro atoms. The molecule has 0 unspecified atom stereocenters. The number of aromatic amines is 1. The van der Waals surface area contributed by atoms with Gasteiger partial charge in [-0.3, -0.25) is 5.10 Å². The summed E-state index contributed by atoms with van der Waals surface area (Å²) in [5.74, 6) is -0.959. The topological polar surface area (TPSA) is 78.0 Å². The molecule has 3 rings (SSSR count). The van der Waals surface area contributed by atoms with Crippen molar-refractivity contribution in [3.05, 3.63) is 71.4 Å². The van der Waals surface area contributed by atoms with Crippen molar-refractivity contribution in [3.63, 3.8) is 0 Å². The van der Waals surface area contributed by atoms with Crippen molar-refractivity contribution in [2.75, 3.05) is 5.32 Å². The number of hydrogen-bond donors (Lipinski definition) is 3. The number of carbonyl (C=O) groups is 1. The van der Waals surface area contributed by atoms with Crippen molar-refractivity contribution in [3.8, 4) is 0 Å². The predicted molar refractivity (Wildman–Crippen MR) is 95.7 cm³/mol. The normalized spacial score (nSPS) is 12.0. The first-order valence-corrected chi connectivity index (χ1v) is 7.79. The molecule has 122 valence electrons. The molecule has 6 heteroatoms. The van der Waals surface area contributed by atoms with E-state index in [-0.39, 0.29) is 11.6 Å². The third-order valence-electron chi connectivity index (χ3n) is 3.78. The van der Waals surface area contributed by atoms with E-state index in [1.807, 2.05) is 24.3 Å². The Morgan fingerprint density at radius 3 is 3.00 bits per heavy atom. The zero-order valence-corrected chi connectivity index (χ0v) is 13.5. The van der Waals surface area contributed by atoms with Crippen LogP contribution in [0.5, 0.6) is 0 Å². The SMILES string of the molecule is C=CC[C@H](Nc1cccc(C(=O)O)c1)c1cc(Cl)cc2[nH]ncc12. The second-order valence-electron chi connectivity index (χ2n) is 5.43. The van der Waals surface area contributed by atoms with Gasteiger partial charge in [-0.1, -0.05) is 23.7 Å². The zero-order valence-electron chi connectivity index (χ0n) is 12.8. The Morgan fingerprint density at radius 1 is 1.42 bits per heavy atom. The van der Waals surface area contributed by atoms with Crippen LogP contribution in [0.1, 0.15) is 28.4 Å². The molecule has 0 fully saturated rings. The largest absolute Gasteiger partial charge is 0.478 e. The molecule has 0 amide bonds. The molecule has 1 aromatic heterocycles. The molecule has 1 heterocycles. The fourth-order valence-corrected chi connectivity index (χ4v) is 2.93. The highest BCUT2D eigenvalue weighted by Crippen LogP contribution is 2.31. The van der Waals surface area contributed by atoms with Crippen LogP contribution >= 0.6 is 11.6 Å². The molecule has 0 aliphatic heterocycles. The van der Waals surface area contributed by atoms with Gasteiger partial charge in [0.15, 0.2) is 0 Å². The van der Waals surface area contributed by atoms with Crippen LogP contribution in [0.15, 0.2) is 55.3 Å². The van der Waals surface area contributed by atoms with Gasteiger partial charge in [0, 0.05) is 16.1 Å². The van der Waals surface area contributed by atoms with Gasteiger partial charge in [-0.05, 0) is 42.3 Å². The lowest BCUT2D eigenvalue weighted by Gasteiger charge is -2.20. The van der Waals surface area contributed by atoms with Gasteiger partial charge in [0.2, 0.25) is 0 Å². The van der Waals surface area contributed by atoms with Crippen molar-refractivity contribution in [2.24, 2.45) is 0 Å². The summed E-state index contributed by atoms with van der Waals surface area (Å²) in [7, 11) is 0. The summed E-state index contributed by atoms with van der Waals surface area (Å²) in [6.07, 6.45) is 4.22. The van der Waals surface area contributed by atoms with Gasteiger partial charge in [0.1, 0.15) is 0 Å². The number of rotatable bonds is 6. The summed E-state index contributed by atoms with van der Waals surface area (Å²) in [6.45, 7) is 3.81. The fraction of sp³-hybridized carbons (Fsp3) is 0.111. The van der Waals surface area contributed by atoms with Crippen LogP contribution in [0, 0.1) is 0 Å². The number of hydrogen-bond acceptors (Lipinski definition) is 3. The fourth-order valence-electron chi connectivity index (χ4n) is 2.70. The Hall–Kier alpha value is -2.79. The number of carboxylic acids is 1. The average molecular weight is 342 g/mol. The minimum Gasteiger partial charge on any atom is -0.478 e. The van der Waals surface area contributed by atoms with Gasteiger partial charge in [0.25, 0.3) is 0 Å². The first-order chi connectivity index (χ1) is 11.6. The van der Waals surface area contributed by atoms with E-state index in [2.05, 4.69) is 22.1 Å². The molecule has 0 saturated carbocycles. The average Bonchev–Trinajstić information content (AvgIpc) is 3.02. The smallest absolute Gasteiger partial charge is 0.335 e. The maximum absolute atomic E-state index is 11.1. The van der Waals surface area contributed by atoms with Crippen LogP contribution in [0.25, 0.3) is 10.9 Å². The molecule has 2 aromatic carbocycles. The van der Waals surface area contributed by atoms with Crippen molar-refractivity contribution in [1.29, 1.82) is 0 Å². The number of aromatic carboxylic acids is 1. The molecule has 0 radical (unpaired) electrons. The molecular weight excluding hydrogens is 326 g/mol. The molecule has 3 N–H and O–H groups in total. The van der Waals surface area contributed by atoms with E-state index in [9.17, 15) is 4.79 Å². The summed E-state index contributed by atoms with van der Waals surface area (Å²) < 4.78 is 0. The van der Waals surface area contributed by atoms with E-state index < -0.39 is 5.97 Å². The van der Waals surface area contributed by atoms with E-state index in [0.29, 0.717) is 11.4 Å². The molecule has 1 atom stereocenters. The summed E-state index contributed by atoms with van der Waals surface area (Å²) >= 11 is 6.22. The van der Waals surface area contributed by atoms with Gasteiger partial charge in [-0.25, -0.2) is 4.79 Å². The second-order valence-corrected chi connectivity index (χ2v) is 5.87. The summed E-state index contributed by atoms with van der Waals surface area (Å²) in [5, 5.41) is 21.1. The molecular formula is C18H16ClN3O2. The monoisotopic (exact) mass is 341 g/mol. The van der Waals surface area contributed by atoms with Crippen LogP contribution in [-0.4, -0.2) is 21.3 Å². The Kier molecular flexibility index (Phi) is 4.53. The number of aromatic nitrogens is 2. The van der Waals surface area contributed by atoms with E-state index >= 15 is 0 Å². The molecule has 3 aromatic rings. The highest BCUT2D eigenvalue weighted by atomic mass is 35.5. The van der Waals surface area contributed by atoms with E-state index in [0.717, 1.165) is 22.2 Å². The van der Waals surface area contributed by atoms with Gasteiger partial charge in [-0.2, -0.15) is 5.10 Å². The number of H-pyrrole nitrogens is 1. The lowest BCUT2D eigenvalue weighted by Crippen LogP contribution is -2.11. The van der Waals surface area contributed by atoms with Gasteiger partial charge in [0.05, 0.1) is 23.3 Å². The number of halogens is 1. The Labute approximate surface area is 144 Å². The molecule has 24 heavy (non-hydrogen) atoms. The quantitative estimate of drug-likeness (QED) is 0.570. The van der Waals surface area contributed by atoms with Crippen molar-refractivity contribution in [2.45, 2.75) is 12.5 Å². The highest BCUT2D eigenvalue weighted by molar-refractivity contribution is 6.31. The van der Waals surface area contributed by atoms with Crippen molar-refractivity contribution >= 4 is 34.2 Å². The number of benzene rings is 2. The summed E-state index contributed by atoms with van der Waals surface area (Å²) in [6, 6.07) is 10.3. The number of carboxylic acid groups (broad SMARTS) is 1. The van der Waals surface area contributed by atoms with Crippen LogP contribution in [0.4, 0.5) is 5.69 Å². The van der Waals surface area contributed by atoms with Crippen molar-refractivity contribution < 1.29 is 9.90 Å². The Balaban J connectivity index is 2.00. The minimum absolute atomic E-state index is 0.106. The molecule has 0 aliphatic rings. The molecule has 0 saturated heterocycles. The maximum atomic E-state index is 11.1.